The van der Waals surface area contributed by atoms with Gasteiger partial charge >= 0.3 is 0 Å². The lowest BCUT2D eigenvalue weighted by molar-refractivity contribution is -0.123. The summed E-state index contributed by atoms with van der Waals surface area (Å²) >= 11 is 0. The van der Waals surface area contributed by atoms with Crippen molar-refractivity contribution in [2.24, 2.45) is 5.73 Å². The topological polar surface area (TPSA) is 73.6 Å². The fraction of sp³-hybridized carbons (Fsp3) is 0.533. The van der Waals surface area contributed by atoms with Crippen LogP contribution >= 0.6 is 0 Å². The van der Waals surface area contributed by atoms with Gasteiger partial charge in [0.05, 0.1) is 19.2 Å². The number of benzene rings is 1. The van der Waals surface area contributed by atoms with Crippen molar-refractivity contribution in [2.75, 3.05) is 20.8 Å². The number of rotatable bonds is 8. The number of amides is 1. The summed E-state index contributed by atoms with van der Waals surface area (Å²) in [6.07, 6.45) is 1.38. The van der Waals surface area contributed by atoms with Gasteiger partial charge in [0.2, 0.25) is 5.91 Å². The van der Waals surface area contributed by atoms with E-state index in [-0.39, 0.29) is 11.9 Å². The molecule has 0 heterocycles. The van der Waals surface area contributed by atoms with Crippen LogP contribution in [-0.2, 0) is 9.53 Å². The van der Waals surface area contributed by atoms with Crippen LogP contribution in [0.15, 0.2) is 24.3 Å². The number of nitrogens with two attached hydrogens (primary N) is 1. The van der Waals surface area contributed by atoms with Crippen molar-refractivity contribution < 1.29 is 14.3 Å². The molecule has 1 aromatic rings. The van der Waals surface area contributed by atoms with E-state index in [1.165, 1.54) is 0 Å². The van der Waals surface area contributed by atoms with Gasteiger partial charge in [-0.3, -0.25) is 4.79 Å². The molecule has 0 aliphatic carbocycles. The predicted molar refractivity (Wildman–Crippen MR) is 78.6 cm³/mol. The van der Waals surface area contributed by atoms with E-state index in [1.54, 1.807) is 14.2 Å². The molecule has 0 spiro atoms. The number of para-hydroxylation sites is 1. The van der Waals surface area contributed by atoms with Crippen molar-refractivity contribution in [1.82, 2.24) is 5.32 Å². The quantitative estimate of drug-likeness (QED) is 0.710. The number of nitrogens with one attached hydrogen (secondary N) is 1. The molecule has 3 N–H and O–H groups in total. The van der Waals surface area contributed by atoms with Crippen molar-refractivity contribution in [3.05, 3.63) is 29.8 Å². The largest absolute Gasteiger partial charge is 0.496 e. The van der Waals surface area contributed by atoms with Gasteiger partial charge in [-0.25, -0.2) is 0 Å². The first kappa shape index (κ1) is 16.5. The van der Waals surface area contributed by atoms with E-state index in [1.807, 2.05) is 31.2 Å². The Morgan fingerprint density at radius 1 is 1.35 bits per heavy atom. The average Bonchev–Trinajstić information content (AvgIpc) is 2.47. The molecule has 20 heavy (non-hydrogen) atoms. The molecule has 1 aromatic carbocycles. The summed E-state index contributed by atoms with van der Waals surface area (Å²) in [6.45, 7) is 2.53. The molecule has 0 saturated heterocycles. The first-order valence-corrected chi connectivity index (χ1v) is 6.78. The summed E-state index contributed by atoms with van der Waals surface area (Å²) < 4.78 is 10.2. The Balaban J connectivity index is 2.56. The Kier molecular flexibility index (Phi) is 7.04. The van der Waals surface area contributed by atoms with E-state index >= 15 is 0 Å². The Hall–Kier alpha value is -1.59. The normalized spacial score (nSPS) is 13.6. The minimum Gasteiger partial charge on any atom is -0.496 e. The molecule has 5 heteroatoms. The van der Waals surface area contributed by atoms with Crippen LogP contribution in [0.3, 0.4) is 0 Å². The molecule has 0 bridgehead atoms. The highest BCUT2D eigenvalue weighted by atomic mass is 16.5. The lowest BCUT2D eigenvalue weighted by atomic mass is 10.1. The third kappa shape index (κ3) is 4.83. The van der Waals surface area contributed by atoms with Crippen LogP contribution in [-0.4, -0.2) is 32.8 Å². The second kappa shape index (κ2) is 8.55. The highest BCUT2D eigenvalue weighted by Crippen LogP contribution is 2.24. The minimum atomic E-state index is -0.512. The second-order valence-electron chi connectivity index (χ2n) is 4.71. The van der Waals surface area contributed by atoms with Gasteiger partial charge in [0.1, 0.15) is 5.75 Å². The average molecular weight is 280 g/mol. The Morgan fingerprint density at radius 3 is 2.70 bits per heavy atom. The molecule has 0 saturated carbocycles. The van der Waals surface area contributed by atoms with Gasteiger partial charge in [-0.05, 0) is 25.8 Å². The highest BCUT2D eigenvalue weighted by molar-refractivity contribution is 5.81. The summed E-state index contributed by atoms with van der Waals surface area (Å²) in [5, 5.41) is 2.91. The Morgan fingerprint density at radius 2 is 2.05 bits per heavy atom. The van der Waals surface area contributed by atoms with Gasteiger partial charge in [-0.2, -0.15) is 0 Å². The fourth-order valence-corrected chi connectivity index (χ4v) is 2.00. The van der Waals surface area contributed by atoms with Crippen LogP contribution < -0.4 is 15.8 Å². The third-order valence-electron chi connectivity index (χ3n) is 3.16. The summed E-state index contributed by atoms with van der Waals surface area (Å²) in [6, 6.07) is 6.96. The SMILES string of the molecule is COCCCC(N)C(=O)N[C@H](C)c1ccccc1OC. The summed E-state index contributed by atoms with van der Waals surface area (Å²) in [5.74, 6) is 0.604. The molecule has 1 amide bonds. The summed E-state index contributed by atoms with van der Waals surface area (Å²) in [7, 11) is 3.25. The molecule has 2 atom stereocenters. The van der Waals surface area contributed by atoms with Crippen molar-refractivity contribution in [3.8, 4) is 5.75 Å². The second-order valence-corrected chi connectivity index (χ2v) is 4.71. The van der Waals surface area contributed by atoms with Gasteiger partial charge in [-0.1, -0.05) is 18.2 Å². The van der Waals surface area contributed by atoms with Crippen LogP contribution in [0.2, 0.25) is 0 Å². The molecule has 1 rings (SSSR count). The molecule has 0 radical (unpaired) electrons. The van der Waals surface area contributed by atoms with E-state index in [0.717, 1.165) is 17.7 Å². The standard InChI is InChI=1S/C15H24N2O3/c1-11(12-7-4-5-9-14(12)20-3)17-15(18)13(16)8-6-10-19-2/h4-5,7,9,11,13H,6,8,10,16H2,1-3H3,(H,17,18)/t11-,13?/m1/s1. The van der Waals surface area contributed by atoms with Gasteiger partial charge in [0.25, 0.3) is 0 Å². The number of hydrogen-bond donors (Lipinski definition) is 2. The molecule has 0 aromatic heterocycles. The first-order chi connectivity index (χ1) is 9.60. The van der Waals surface area contributed by atoms with Crippen molar-refractivity contribution in [2.45, 2.75) is 31.8 Å². The minimum absolute atomic E-state index is 0.146. The van der Waals surface area contributed by atoms with Gasteiger partial charge < -0.3 is 20.5 Å². The number of carbonyl (C=O) groups is 1. The molecule has 5 nitrogen and oxygen atoms in total. The molecule has 0 aliphatic heterocycles. The molecule has 1 unspecified atom stereocenters. The molecule has 0 fully saturated rings. The third-order valence-corrected chi connectivity index (χ3v) is 3.16. The maximum atomic E-state index is 12.0. The van der Waals surface area contributed by atoms with Crippen LogP contribution in [0.25, 0.3) is 0 Å². The maximum Gasteiger partial charge on any atom is 0.237 e. The van der Waals surface area contributed by atoms with E-state index < -0.39 is 6.04 Å². The van der Waals surface area contributed by atoms with E-state index in [2.05, 4.69) is 5.32 Å². The smallest absolute Gasteiger partial charge is 0.237 e. The van der Waals surface area contributed by atoms with Crippen molar-refractivity contribution in [3.63, 3.8) is 0 Å². The maximum absolute atomic E-state index is 12.0. The summed E-state index contributed by atoms with van der Waals surface area (Å²) in [5.41, 5.74) is 6.79. The number of methoxy groups -OCH3 is 2. The van der Waals surface area contributed by atoms with Crippen LogP contribution in [0, 0.1) is 0 Å². The highest BCUT2D eigenvalue weighted by Gasteiger charge is 2.18. The van der Waals surface area contributed by atoms with Gasteiger partial charge in [0, 0.05) is 19.3 Å². The molecule has 112 valence electrons. The Bertz CT molecular complexity index is 423. The zero-order valence-corrected chi connectivity index (χ0v) is 12.4. The first-order valence-electron chi connectivity index (χ1n) is 6.78. The molecule has 0 aliphatic rings. The Labute approximate surface area is 120 Å². The lowest BCUT2D eigenvalue weighted by Crippen LogP contribution is -2.41. The molecular formula is C15H24N2O3. The van der Waals surface area contributed by atoms with Crippen LogP contribution in [0.1, 0.15) is 31.4 Å². The monoisotopic (exact) mass is 280 g/mol. The zero-order valence-electron chi connectivity index (χ0n) is 12.4. The van der Waals surface area contributed by atoms with Crippen LogP contribution in [0.4, 0.5) is 0 Å². The number of carbonyl (C=O) groups excluding carboxylic acids is 1. The van der Waals surface area contributed by atoms with Crippen molar-refractivity contribution >= 4 is 5.91 Å². The van der Waals surface area contributed by atoms with Gasteiger partial charge in [-0.15, -0.1) is 0 Å². The van der Waals surface area contributed by atoms with Gasteiger partial charge in [0.15, 0.2) is 0 Å². The van der Waals surface area contributed by atoms with E-state index in [9.17, 15) is 4.79 Å². The number of ether oxygens (including phenoxy) is 2. The van der Waals surface area contributed by atoms with E-state index in [0.29, 0.717) is 13.0 Å². The van der Waals surface area contributed by atoms with Crippen molar-refractivity contribution in [1.29, 1.82) is 0 Å². The summed E-state index contributed by atoms with van der Waals surface area (Å²) in [4.78, 5) is 12.0. The van der Waals surface area contributed by atoms with E-state index in [4.69, 9.17) is 15.2 Å². The number of hydrogen-bond acceptors (Lipinski definition) is 4. The molecular weight excluding hydrogens is 256 g/mol. The lowest BCUT2D eigenvalue weighted by Gasteiger charge is -2.19. The fourth-order valence-electron chi connectivity index (χ4n) is 2.00. The van der Waals surface area contributed by atoms with Crippen LogP contribution in [0.5, 0.6) is 5.75 Å². The predicted octanol–water partition coefficient (Wildman–Crippen LogP) is 1.63. The zero-order chi connectivity index (χ0) is 15.0.